The molecule has 24 heavy (non-hydrogen) atoms. The minimum absolute atomic E-state index is 0.00880. The summed E-state index contributed by atoms with van der Waals surface area (Å²) in [6.45, 7) is 16.7. The molecule has 0 saturated carbocycles. The Bertz CT molecular complexity index is 538. The average Bonchev–Trinajstić information content (AvgIpc) is 2.57. The van der Waals surface area contributed by atoms with Crippen molar-refractivity contribution < 1.29 is 5.11 Å². The molecule has 1 aromatic rings. The minimum atomic E-state index is 0.00880. The molecule has 0 aliphatic heterocycles. The quantitative estimate of drug-likeness (QED) is 0.380. The Morgan fingerprint density at radius 2 is 1.96 bits per heavy atom. The summed E-state index contributed by atoms with van der Waals surface area (Å²) in [5.74, 6) is 0.979. The summed E-state index contributed by atoms with van der Waals surface area (Å²) in [6, 6.07) is 5.86. The standard InChI is InChI=1S/C18H29N3O.C2H6/c1-6-14-8-9-15(16(22)10-14)11-20-18(12(3)4)13(5)21-17(19)7-2;1-2/h8-10,13,18,20,22H,3,6-7,11H2,1-2,4-5H3,(H2,19,21);1-2H3. The lowest BCUT2D eigenvalue weighted by Gasteiger charge is -2.24. The summed E-state index contributed by atoms with van der Waals surface area (Å²) < 4.78 is 0. The Morgan fingerprint density at radius 1 is 1.33 bits per heavy atom. The van der Waals surface area contributed by atoms with E-state index in [0.717, 1.165) is 29.5 Å². The molecule has 2 unspecified atom stereocenters. The van der Waals surface area contributed by atoms with E-state index in [0.29, 0.717) is 18.1 Å². The molecule has 0 bridgehead atoms. The van der Waals surface area contributed by atoms with Crippen LogP contribution in [0.2, 0.25) is 0 Å². The third-order valence-electron chi connectivity index (χ3n) is 3.82. The van der Waals surface area contributed by atoms with Gasteiger partial charge in [0, 0.05) is 18.5 Å². The second kappa shape index (κ2) is 11.7. The molecule has 2 atom stereocenters. The van der Waals surface area contributed by atoms with Crippen molar-refractivity contribution in [2.75, 3.05) is 0 Å². The van der Waals surface area contributed by atoms with Crippen molar-refractivity contribution in [1.29, 1.82) is 0 Å². The molecule has 0 heterocycles. The number of phenols is 1. The number of hydrogen-bond donors (Lipinski definition) is 3. The third kappa shape index (κ3) is 7.18. The van der Waals surface area contributed by atoms with Crippen molar-refractivity contribution in [3.05, 3.63) is 41.5 Å². The van der Waals surface area contributed by atoms with Crippen LogP contribution in [0.25, 0.3) is 0 Å². The van der Waals surface area contributed by atoms with Crippen LogP contribution in [0.5, 0.6) is 5.75 Å². The molecule has 0 amide bonds. The molecule has 0 aliphatic carbocycles. The minimum Gasteiger partial charge on any atom is -0.508 e. The highest BCUT2D eigenvalue weighted by molar-refractivity contribution is 5.80. The maximum Gasteiger partial charge on any atom is 0.120 e. The molecular weight excluding hydrogens is 298 g/mol. The highest BCUT2D eigenvalue weighted by Gasteiger charge is 2.17. The van der Waals surface area contributed by atoms with Gasteiger partial charge in [0.2, 0.25) is 0 Å². The van der Waals surface area contributed by atoms with Crippen LogP contribution >= 0.6 is 0 Å². The number of aromatic hydroxyl groups is 1. The van der Waals surface area contributed by atoms with Gasteiger partial charge < -0.3 is 16.2 Å². The fourth-order valence-corrected chi connectivity index (χ4v) is 2.38. The lowest BCUT2D eigenvalue weighted by atomic mass is 10.0. The summed E-state index contributed by atoms with van der Waals surface area (Å²) in [7, 11) is 0. The molecule has 0 radical (unpaired) electrons. The highest BCUT2D eigenvalue weighted by atomic mass is 16.3. The lowest BCUT2D eigenvalue weighted by Crippen LogP contribution is -2.38. The summed E-state index contributed by atoms with van der Waals surface area (Å²) in [4.78, 5) is 4.49. The maximum atomic E-state index is 10.1. The van der Waals surface area contributed by atoms with Crippen LogP contribution in [0.1, 0.15) is 59.1 Å². The first-order valence-corrected chi connectivity index (χ1v) is 8.90. The van der Waals surface area contributed by atoms with Gasteiger partial charge in [0.15, 0.2) is 0 Å². The van der Waals surface area contributed by atoms with E-state index in [-0.39, 0.29) is 12.1 Å². The van der Waals surface area contributed by atoms with Gasteiger partial charge in [0.05, 0.1) is 17.9 Å². The SMILES string of the molecule is C=C(C)C(NCc1ccc(CC)cc1O)C(C)N=C(N)CC.CC. The number of benzene rings is 1. The van der Waals surface area contributed by atoms with Crippen LogP contribution in [0, 0.1) is 0 Å². The van der Waals surface area contributed by atoms with Crippen LogP contribution in [-0.4, -0.2) is 23.0 Å². The molecular formula is C20H35N3O. The molecule has 4 N–H and O–H groups in total. The average molecular weight is 334 g/mol. The summed E-state index contributed by atoms with van der Waals surface area (Å²) in [6.07, 6.45) is 1.66. The number of rotatable bonds is 8. The van der Waals surface area contributed by atoms with Crippen molar-refractivity contribution >= 4 is 5.84 Å². The summed E-state index contributed by atoms with van der Waals surface area (Å²) in [5, 5.41) is 13.5. The number of nitrogens with two attached hydrogens (primary N) is 1. The first-order chi connectivity index (χ1) is 11.4. The number of nitrogens with one attached hydrogen (secondary N) is 1. The Hall–Kier alpha value is -1.81. The van der Waals surface area contributed by atoms with E-state index in [1.807, 2.05) is 52.8 Å². The van der Waals surface area contributed by atoms with Gasteiger partial charge in [-0.15, -0.1) is 0 Å². The summed E-state index contributed by atoms with van der Waals surface area (Å²) >= 11 is 0. The van der Waals surface area contributed by atoms with E-state index in [4.69, 9.17) is 5.73 Å². The Morgan fingerprint density at radius 3 is 2.42 bits per heavy atom. The van der Waals surface area contributed by atoms with Gasteiger partial charge in [-0.3, -0.25) is 4.99 Å². The Kier molecular flexibility index (Phi) is 10.8. The molecule has 1 rings (SSSR count). The van der Waals surface area contributed by atoms with E-state index in [1.54, 1.807) is 0 Å². The van der Waals surface area contributed by atoms with Gasteiger partial charge >= 0.3 is 0 Å². The topological polar surface area (TPSA) is 70.6 Å². The summed E-state index contributed by atoms with van der Waals surface area (Å²) in [5.41, 5.74) is 8.84. The van der Waals surface area contributed by atoms with Crippen LogP contribution in [0.3, 0.4) is 0 Å². The number of nitrogens with zero attached hydrogens (tertiary/aromatic N) is 1. The predicted molar refractivity (Wildman–Crippen MR) is 106 cm³/mol. The first kappa shape index (κ1) is 22.2. The lowest BCUT2D eigenvalue weighted by molar-refractivity contribution is 0.452. The fraction of sp³-hybridized carbons (Fsp3) is 0.550. The zero-order chi connectivity index (χ0) is 18.7. The largest absolute Gasteiger partial charge is 0.508 e. The van der Waals surface area contributed by atoms with Gasteiger partial charge in [-0.2, -0.15) is 0 Å². The molecule has 136 valence electrons. The normalized spacial score (nSPS) is 13.7. The van der Waals surface area contributed by atoms with Crippen molar-refractivity contribution in [2.45, 2.75) is 73.0 Å². The van der Waals surface area contributed by atoms with Crippen molar-refractivity contribution in [2.24, 2.45) is 10.7 Å². The molecule has 4 heteroatoms. The van der Waals surface area contributed by atoms with Gasteiger partial charge in [-0.1, -0.05) is 52.0 Å². The Labute approximate surface area is 147 Å². The fourth-order valence-electron chi connectivity index (χ4n) is 2.38. The zero-order valence-electron chi connectivity index (χ0n) is 16.2. The molecule has 0 saturated heterocycles. The van der Waals surface area contributed by atoms with Crippen LogP contribution in [0.15, 0.2) is 35.3 Å². The van der Waals surface area contributed by atoms with E-state index in [9.17, 15) is 5.11 Å². The first-order valence-electron chi connectivity index (χ1n) is 8.90. The molecule has 4 nitrogen and oxygen atoms in total. The van der Waals surface area contributed by atoms with Gasteiger partial charge in [0.25, 0.3) is 0 Å². The smallest absolute Gasteiger partial charge is 0.120 e. The molecule has 0 aliphatic rings. The Balaban J connectivity index is 0.00000254. The van der Waals surface area contributed by atoms with Crippen LogP contribution in [-0.2, 0) is 13.0 Å². The number of hydrogen-bond acceptors (Lipinski definition) is 3. The van der Waals surface area contributed by atoms with Gasteiger partial charge in [-0.25, -0.2) is 0 Å². The van der Waals surface area contributed by atoms with Crippen LogP contribution < -0.4 is 11.1 Å². The maximum absolute atomic E-state index is 10.1. The van der Waals surface area contributed by atoms with E-state index < -0.39 is 0 Å². The van der Waals surface area contributed by atoms with Crippen molar-refractivity contribution in [3.8, 4) is 5.75 Å². The molecule has 1 aromatic carbocycles. The second-order valence-corrected chi connectivity index (χ2v) is 5.74. The van der Waals surface area contributed by atoms with E-state index in [2.05, 4.69) is 23.8 Å². The number of aliphatic imine (C=N–C) groups is 1. The van der Waals surface area contributed by atoms with Gasteiger partial charge in [-0.05, 0) is 31.9 Å². The predicted octanol–water partition coefficient (Wildman–Crippen LogP) is 4.17. The van der Waals surface area contributed by atoms with Crippen molar-refractivity contribution in [3.63, 3.8) is 0 Å². The molecule has 0 fully saturated rings. The van der Waals surface area contributed by atoms with E-state index in [1.165, 1.54) is 0 Å². The van der Waals surface area contributed by atoms with Crippen LogP contribution in [0.4, 0.5) is 0 Å². The number of aryl methyl sites for hydroxylation is 1. The zero-order valence-corrected chi connectivity index (χ0v) is 16.2. The second-order valence-electron chi connectivity index (χ2n) is 5.74. The number of amidine groups is 1. The third-order valence-corrected chi connectivity index (χ3v) is 3.82. The molecule has 0 spiro atoms. The highest BCUT2D eigenvalue weighted by Crippen LogP contribution is 2.20. The van der Waals surface area contributed by atoms with Gasteiger partial charge in [0.1, 0.15) is 5.75 Å². The van der Waals surface area contributed by atoms with Crippen molar-refractivity contribution in [1.82, 2.24) is 5.32 Å². The number of phenolic OH excluding ortho intramolecular Hbond substituents is 1. The molecule has 0 aromatic heterocycles. The van der Waals surface area contributed by atoms with E-state index >= 15 is 0 Å². The monoisotopic (exact) mass is 333 g/mol.